The highest BCUT2D eigenvalue weighted by Gasteiger charge is 2.09. The highest BCUT2D eigenvalue weighted by molar-refractivity contribution is 6.63. The van der Waals surface area contributed by atoms with Crippen molar-refractivity contribution in [3.63, 3.8) is 0 Å². The molecule has 4 nitrogen and oxygen atoms in total. The zero-order valence-electron chi connectivity index (χ0n) is 10.0. The van der Waals surface area contributed by atoms with E-state index >= 15 is 0 Å². The number of hydrogen-bond acceptors (Lipinski definition) is 3. The molecule has 0 fully saturated rings. The molecule has 0 aliphatic rings. The highest BCUT2D eigenvalue weighted by atomic mass is 35.5. The van der Waals surface area contributed by atoms with Crippen LogP contribution in [0.3, 0.4) is 0 Å². The number of hydrogen-bond donors (Lipinski definition) is 0. The van der Waals surface area contributed by atoms with Crippen LogP contribution < -0.4 is 10.2 Å². The van der Waals surface area contributed by atoms with Gasteiger partial charge in [-0.15, -0.1) is 0 Å². The lowest BCUT2D eigenvalue weighted by atomic mass is 10.3. The maximum Gasteiger partial charge on any atom is 0.241 e. The number of rotatable bonds is 6. The number of nitrogens with zero attached hydrogens (tertiary/aromatic N) is 1. The van der Waals surface area contributed by atoms with Crippen LogP contribution in [-0.2, 0) is 11.3 Å². The fourth-order valence-corrected chi connectivity index (χ4v) is 1.58. The van der Waals surface area contributed by atoms with Crippen molar-refractivity contribution < 1.29 is 9.53 Å². The number of pyridine rings is 1. The summed E-state index contributed by atoms with van der Waals surface area (Å²) in [5, 5.41) is -0.476. The largest absolute Gasteiger partial charge is 0.488 e. The molecule has 0 N–H and O–H groups in total. The molecule has 17 heavy (non-hydrogen) atoms. The summed E-state index contributed by atoms with van der Waals surface area (Å²) in [7, 11) is 0. The van der Waals surface area contributed by atoms with Crippen molar-refractivity contribution in [1.82, 2.24) is 4.57 Å². The van der Waals surface area contributed by atoms with Gasteiger partial charge in [-0.05, 0) is 24.9 Å². The summed E-state index contributed by atoms with van der Waals surface area (Å²) in [5.74, 6) is 0.305. The molecule has 0 bridgehead atoms. The number of carbonyl (C=O) groups excluding carboxylic acids is 1. The first kappa shape index (κ1) is 13.8. The Kier molecular flexibility index (Phi) is 5.22. The van der Waals surface area contributed by atoms with Gasteiger partial charge in [0.05, 0.1) is 18.8 Å². The number of ether oxygens (including phenoxy) is 1. The van der Waals surface area contributed by atoms with Crippen molar-refractivity contribution in [2.24, 2.45) is 0 Å². The van der Waals surface area contributed by atoms with Crippen molar-refractivity contribution in [3.05, 3.63) is 28.2 Å². The van der Waals surface area contributed by atoms with Gasteiger partial charge < -0.3 is 9.30 Å². The Labute approximate surface area is 105 Å². The molecule has 0 unspecified atom stereocenters. The van der Waals surface area contributed by atoms with E-state index in [1.807, 2.05) is 6.92 Å². The summed E-state index contributed by atoms with van der Waals surface area (Å²) in [6.07, 6.45) is 3.44. The Balaban J connectivity index is 2.94. The average molecular weight is 258 g/mol. The minimum Gasteiger partial charge on any atom is -0.488 e. The predicted molar refractivity (Wildman–Crippen MR) is 66.7 cm³/mol. The lowest BCUT2D eigenvalue weighted by Crippen LogP contribution is -2.17. The zero-order chi connectivity index (χ0) is 12.8. The molecule has 0 saturated carbocycles. The van der Waals surface area contributed by atoms with Crippen molar-refractivity contribution >= 4 is 16.8 Å². The number of halogens is 1. The first-order valence-corrected chi connectivity index (χ1v) is 5.95. The topological polar surface area (TPSA) is 48.3 Å². The standard InChI is InChI=1S/C12H16ClNO3/c1-3-4-7-17-12-9(2)14(8-11(13)16)6-5-10(12)15/h5-6H,3-4,7-8H2,1-2H3. The Bertz CT molecular complexity index is 454. The molecule has 0 aliphatic carbocycles. The van der Waals surface area contributed by atoms with Crippen LogP contribution in [0.4, 0.5) is 0 Å². The first-order valence-electron chi connectivity index (χ1n) is 5.57. The van der Waals surface area contributed by atoms with Crippen LogP contribution in [0.15, 0.2) is 17.1 Å². The summed E-state index contributed by atoms with van der Waals surface area (Å²) in [4.78, 5) is 22.5. The van der Waals surface area contributed by atoms with Crippen LogP contribution in [0.2, 0.25) is 0 Å². The number of unbranched alkanes of at least 4 members (excludes halogenated alkanes) is 1. The van der Waals surface area contributed by atoms with Gasteiger partial charge in [0.25, 0.3) is 0 Å². The van der Waals surface area contributed by atoms with Crippen molar-refractivity contribution in [2.75, 3.05) is 6.61 Å². The smallest absolute Gasteiger partial charge is 0.241 e. The van der Waals surface area contributed by atoms with Crippen LogP contribution in [0.25, 0.3) is 0 Å². The lowest BCUT2D eigenvalue weighted by Gasteiger charge is -2.13. The molecule has 1 heterocycles. The van der Waals surface area contributed by atoms with Crippen molar-refractivity contribution in [2.45, 2.75) is 33.2 Å². The molecule has 0 atom stereocenters. The molecule has 0 amide bonds. The van der Waals surface area contributed by atoms with Crippen molar-refractivity contribution in [1.29, 1.82) is 0 Å². The van der Waals surface area contributed by atoms with E-state index < -0.39 is 5.24 Å². The van der Waals surface area contributed by atoms with E-state index in [-0.39, 0.29) is 12.0 Å². The average Bonchev–Trinajstić information content (AvgIpc) is 2.27. The molecular weight excluding hydrogens is 242 g/mol. The summed E-state index contributed by atoms with van der Waals surface area (Å²) in [5.41, 5.74) is 0.458. The summed E-state index contributed by atoms with van der Waals surface area (Å²) in [6.45, 7) is 4.33. The fourth-order valence-electron chi connectivity index (χ4n) is 1.45. The third-order valence-corrected chi connectivity index (χ3v) is 2.55. The molecule has 1 aromatic heterocycles. The molecule has 1 aromatic rings. The van der Waals surface area contributed by atoms with Gasteiger partial charge in [-0.25, -0.2) is 0 Å². The normalized spacial score (nSPS) is 10.3. The van der Waals surface area contributed by atoms with Gasteiger partial charge in [-0.1, -0.05) is 13.3 Å². The molecule has 0 aromatic carbocycles. The minimum absolute atomic E-state index is 0.0395. The van der Waals surface area contributed by atoms with Gasteiger partial charge in [0.2, 0.25) is 10.7 Å². The van der Waals surface area contributed by atoms with Crippen molar-refractivity contribution in [3.8, 4) is 5.75 Å². The van der Waals surface area contributed by atoms with Crippen LogP contribution in [0.5, 0.6) is 5.75 Å². The molecule has 94 valence electrons. The Morgan fingerprint density at radius 1 is 1.53 bits per heavy atom. The molecule has 5 heteroatoms. The molecule has 0 aliphatic heterocycles. The van der Waals surface area contributed by atoms with E-state index in [9.17, 15) is 9.59 Å². The van der Waals surface area contributed by atoms with E-state index in [0.717, 1.165) is 12.8 Å². The van der Waals surface area contributed by atoms with E-state index in [4.69, 9.17) is 16.3 Å². The van der Waals surface area contributed by atoms with Gasteiger partial charge >= 0.3 is 0 Å². The maximum atomic E-state index is 11.6. The lowest BCUT2D eigenvalue weighted by molar-refractivity contribution is -0.112. The van der Waals surface area contributed by atoms with Gasteiger partial charge in [0.1, 0.15) is 0 Å². The molecule has 0 radical (unpaired) electrons. The summed E-state index contributed by atoms with van der Waals surface area (Å²) < 4.78 is 7.05. The summed E-state index contributed by atoms with van der Waals surface area (Å²) >= 11 is 5.32. The second-order valence-corrected chi connectivity index (χ2v) is 4.20. The zero-order valence-corrected chi connectivity index (χ0v) is 10.8. The SMILES string of the molecule is CCCCOc1c(C)n(CC(=O)Cl)ccc1=O. The number of carbonyl (C=O) groups is 1. The van der Waals surface area contributed by atoms with Gasteiger partial charge in [0.15, 0.2) is 5.75 Å². The highest BCUT2D eigenvalue weighted by Crippen LogP contribution is 2.12. The Morgan fingerprint density at radius 2 is 2.24 bits per heavy atom. The molecule has 1 rings (SSSR count). The predicted octanol–water partition coefficient (Wildman–Crippen LogP) is 2.10. The monoisotopic (exact) mass is 257 g/mol. The van der Waals surface area contributed by atoms with Crippen LogP contribution in [-0.4, -0.2) is 16.4 Å². The van der Waals surface area contributed by atoms with E-state index in [0.29, 0.717) is 18.1 Å². The minimum atomic E-state index is -0.476. The van der Waals surface area contributed by atoms with E-state index in [2.05, 4.69) is 0 Å². The van der Waals surface area contributed by atoms with Gasteiger partial charge in [0, 0.05) is 12.3 Å². The molecular formula is C12H16ClNO3. The number of aromatic nitrogens is 1. The summed E-state index contributed by atoms with van der Waals surface area (Å²) in [6, 6.07) is 1.38. The second kappa shape index (κ2) is 6.45. The first-order chi connectivity index (χ1) is 8.06. The second-order valence-electron chi connectivity index (χ2n) is 3.78. The van der Waals surface area contributed by atoms with Crippen LogP contribution in [0.1, 0.15) is 25.5 Å². The van der Waals surface area contributed by atoms with Gasteiger partial charge in [-0.3, -0.25) is 9.59 Å². The third kappa shape index (κ3) is 3.89. The Hall–Kier alpha value is -1.29. The van der Waals surface area contributed by atoms with Gasteiger partial charge in [-0.2, -0.15) is 0 Å². The molecule has 0 saturated heterocycles. The Morgan fingerprint density at radius 3 is 2.82 bits per heavy atom. The van der Waals surface area contributed by atoms with E-state index in [1.165, 1.54) is 6.07 Å². The quantitative estimate of drug-likeness (QED) is 0.579. The third-order valence-electron chi connectivity index (χ3n) is 2.43. The maximum absolute atomic E-state index is 11.6. The van der Waals surface area contributed by atoms with E-state index in [1.54, 1.807) is 17.7 Å². The molecule has 0 spiro atoms. The van der Waals surface area contributed by atoms with Crippen LogP contribution >= 0.6 is 11.6 Å². The fraction of sp³-hybridized carbons (Fsp3) is 0.500. The van der Waals surface area contributed by atoms with Crippen LogP contribution in [0, 0.1) is 6.92 Å².